The minimum absolute atomic E-state index is 0.0381. The maximum Gasteiger partial charge on any atom is 0.271 e. The van der Waals surface area contributed by atoms with Gasteiger partial charge in [-0.3, -0.25) is 9.59 Å². The van der Waals surface area contributed by atoms with Gasteiger partial charge in [0.05, 0.1) is 18.6 Å². The van der Waals surface area contributed by atoms with Crippen LogP contribution < -0.4 is 10.2 Å². The molecule has 7 heteroatoms. The zero-order valence-electron chi connectivity index (χ0n) is 20.6. The molecule has 0 unspecified atom stereocenters. The van der Waals surface area contributed by atoms with E-state index in [0.717, 1.165) is 23.3 Å². The Labute approximate surface area is 216 Å². The molecule has 1 fully saturated rings. The van der Waals surface area contributed by atoms with Crippen molar-refractivity contribution < 1.29 is 14.3 Å². The van der Waals surface area contributed by atoms with Crippen molar-refractivity contribution in [1.82, 2.24) is 10.3 Å². The molecule has 186 valence electrons. The van der Waals surface area contributed by atoms with Crippen LogP contribution in [0.5, 0.6) is 5.75 Å². The van der Waals surface area contributed by atoms with Gasteiger partial charge in [0.25, 0.3) is 5.91 Å². The SMILES string of the molecule is CC(C)COc1ccc(/C=N\NC(=O)c2ccc([C@H]3SCC(=O)N3CCc3ccccc3)cc2)cc1. The normalized spacial score (nSPS) is 15.6. The highest BCUT2D eigenvalue weighted by Gasteiger charge is 2.32. The van der Waals surface area contributed by atoms with Gasteiger partial charge in [0.2, 0.25) is 5.91 Å². The maximum absolute atomic E-state index is 12.5. The minimum atomic E-state index is -0.286. The smallest absolute Gasteiger partial charge is 0.271 e. The zero-order valence-corrected chi connectivity index (χ0v) is 21.4. The molecule has 36 heavy (non-hydrogen) atoms. The molecule has 0 aliphatic carbocycles. The van der Waals surface area contributed by atoms with Crippen molar-refractivity contribution in [2.75, 3.05) is 18.9 Å². The summed E-state index contributed by atoms with van der Waals surface area (Å²) in [5.41, 5.74) is 6.17. The number of hydrogen-bond acceptors (Lipinski definition) is 5. The van der Waals surface area contributed by atoms with Crippen LogP contribution in [-0.4, -0.2) is 41.8 Å². The second-order valence-electron chi connectivity index (χ2n) is 9.08. The number of carbonyl (C=O) groups is 2. The lowest BCUT2D eigenvalue weighted by Gasteiger charge is -2.24. The first-order valence-corrected chi connectivity index (χ1v) is 13.2. The van der Waals surface area contributed by atoms with Crippen LogP contribution in [0.2, 0.25) is 0 Å². The summed E-state index contributed by atoms with van der Waals surface area (Å²) in [6, 6.07) is 25.1. The van der Waals surface area contributed by atoms with E-state index in [4.69, 9.17) is 4.74 Å². The topological polar surface area (TPSA) is 71.0 Å². The molecule has 1 aliphatic heterocycles. The molecule has 0 bridgehead atoms. The second-order valence-corrected chi connectivity index (χ2v) is 10.1. The number of rotatable bonds is 10. The van der Waals surface area contributed by atoms with Gasteiger partial charge in [-0.05, 0) is 65.4 Å². The third kappa shape index (κ3) is 6.98. The fraction of sp³-hybridized carbons (Fsp3) is 0.276. The number of hydrogen-bond donors (Lipinski definition) is 1. The van der Waals surface area contributed by atoms with Gasteiger partial charge in [-0.25, -0.2) is 5.43 Å². The average molecular weight is 502 g/mol. The van der Waals surface area contributed by atoms with Crippen LogP contribution in [0, 0.1) is 5.92 Å². The summed E-state index contributed by atoms with van der Waals surface area (Å²) in [5, 5.41) is 4.04. The molecule has 0 radical (unpaired) electrons. The third-order valence-electron chi connectivity index (χ3n) is 5.75. The van der Waals surface area contributed by atoms with E-state index in [-0.39, 0.29) is 17.2 Å². The fourth-order valence-electron chi connectivity index (χ4n) is 3.81. The molecule has 1 aliphatic rings. The highest BCUT2D eigenvalue weighted by Crippen LogP contribution is 2.38. The lowest BCUT2D eigenvalue weighted by atomic mass is 10.1. The number of amides is 2. The Hall–Kier alpha value is -3.58. The van der Waals surface area contributed by atoms with Gasteiger partial charge < -0.3 is 9.64 Å². The number of ether oxygens (including phenoxy) is 1. The van der Waals surface area contributed by atoms with Crippen LogP contribution in [0.15, 0.2) is 84.0 Å². The summed E-state index contributed by atoms with van der Waals surface area (Å²) in [4.78, 5) is 26.9. The van der Waals surface area contributed by atoms with Gasteiger partial charge in [0, 0.05) is 12.1 Å². The third-order valence-corrected chi connectivity index (χ3v) is 7.01. The molecule has 2 amide bonds. The van der Waals surface area contributed by atoms with Crippen molar-refractivity contribution >= 4 is 29.8 Å². The zero-order chi connectivity index (χ0) is 25.3. The average Bonchev–Trinajstić information content (AvgIpc) is 3.27. The van der Waals surface area contributed by atoms with E-state index in [0.29, 0.717) is 30.4 Å². The van der Waals surface area contributed by atoms with Crippen molar-refractivity contribution in [1.29, 1.82) is 0 Å². The van der Waals surface area contributed by atoms with Crippen LogP contribution >= 0.6 is 11.8 Å². The summed E-state index contributed by atoms with van der Waals surface area (Å²) in [5.74, 6) is 1.61. The molecule has 3 aromatic carbocycles. The number of benzene rings is 3. The van der Waals surface area contributed by atoms with Crippen LogP contribution in [0.3, 0.4) is 0 Å². The quantitative estimate of drug-likeness (QED) is 0.302. The predicted molar refractivity (Wildman–Crippen MR) is 145 cm³/mol. The molecular formula is C29H31N3O3S. The predicted octanol–water partition coefficient (Wildman–Crippen LogP) is 5.30. The van der Waals surface area contributed by atoms with Crippen molar-refractivity contribution in [3.63, 3.8) is 0 Å². The molecule has 0 aromatic heterocycles. The monoisotopic (exact) mass is 501 g/mol. The van der Waals surface area contributed by atoms with Gasteiger partial charge >= 0.3 is 0 Å². The van der Waals surface area contributed by atoms with Gasteiger partial charge in [0.1, 0.15) is 11.1 Å². The summed E-state index contributed by atoms with van der Waals surface area (Å²) in [6.45, 7) is 5.55. The maximum atomic E-state index is 12.5. The van der Waals surface area contributed by atoms with E-state index in [9.17, 15) is 9.59 Å². The molecule has 3 aromatic rings. The summed E-state index contributed by atoms with van der Waals surface area (Å²) in [7, 11) is 0. The molecular weight excluding hydrogens is 470 g/mol. The Morgan fingerprint density at radius 3 is 2.50 bits per heavy atom. The molecule has 1 atom stereocenters. The lowest BCUT2D eigenvalue weighted by molar-refractivity contribution is -0.128. The van der Waals surface area contributed by atoms with E-state index in [2.05, 4.69) is 36.5 Å². The molecule has 0 spiro atoms. The van der Waals surface area contributed by atoms with E-state index < -0.39 is 0 Å². The standard InChI is InChI=1S/C29H31N3O3S/c1-21(2)19-35-26-14-8-23(9-15-26)18-30-31-28(34)24-10-12-25(13-11-24)29-32(27(33)20-36-29)17-16-22-6-4-3-5-7-22/h3-15,18,21,29H,16-17,19-20H2,1-2H3,(H,31,34)/b30-18-/t29-/m1/s1. The molecule has 1 saturated heterocycles. The van der Waals surface area contributed by atoms with Gasteiger partial charge in [0.15, 0.2) is 0 Å². The Kier molecular flexibility index (Phi) is 8.79. The summed E-state index contributed by atoms with van der Waals surface area (Å²) < 4.78 is 5.68. The van der Waals surface area contributed by atoms with Crippen LogP contribution in [-0.2, 0) is 11.2 Å². The summed E-state index contributed by atoms with van der Waals surface area (Å²) in [6.07, 6.45) is 2.42. The minimum Gasteiger partial charge on any atom is -0.493 e. The Balaban J connectivity index is 1.31. The number of nitrogens with zero attached hydrogens (tertiary/aromatic N) is 2. The summed E-state index contributed by atoms with van der Waals surface area (Å²) >= 11 is 1.62. The van der Waals surface area contributed by atoms with E-state index in [1.807, 2.05) is 59.5 Å². The Bertz CT molecular complexity index is 1180. The first-order chi connectivity index (χ1) is 17.5. The van der Waals surface area contributed by atoms with Crippen LogP contribution in [0.4, 0.5) is 0 Å². The number of nitrogens with one attached hydrogen (secondary N) is 1. The van der Waals surface area contributed by atoms with Gasteiger partial charge in [-0.2, -0.15) is 5.10 Å². The molecule has 4 rings (SSSR count). The largest absolute Gasteiger partial charge is 0.493 e. The number of thioether (sulfide) groups is 1. The second kappa shape index (κ2) is 12.4. The first kappa shape index (κ1) is 25.5. The van der Waals surface area contributed by atoms with E-state index >= 15 is 0 Å². The molecule has 0 saturated carbocycles. The van der Waals surface area contributed by atoms with E-state index in [1.54, 1.807) is 30.1 Å². The van der Waals surface area contributed by atoms with Gasteiger partial charge in [-0.15, -0.1) is 11.8 Å². The van der Waals surface area contributed by atoms with Crippen molar-refractivity contribution in [3.05, 3.63) is 101 Å². The molecule has 6 nitrogen and oxygen atoms in total. The van der Waals surface area contributed by atoms with Crippen molar-refractivity contribution in [2.24, 2.45) is 11.0 Å². The molecule has 1 N–H and O–H groups in total. The van der Waals surface area contributed by atoms with Crippen molar-refractivity contribution in [3.8, 4) is 5.75 Å². The Morgan fingerprint density at radius 1 is 1.08 bits per heavy atom. The van der Waals surface area contributed by atoms with Crippen LogP contribution in [0.25, 0.3) is 0 Å². The molecule has 1 heterocycles. The number of carbonyl (C=O) groups excluding carboxylic acids is 2. The number of hydrazone groups is 1. The fourth-order valence-corrected chi connectivity index (χ4v) is 5.03. The van der Waals surface area contributed by atoms with E-state index in [1.165, 1.54) is 5.56 Å². The van der Waals surface area contributed by atoms with Crippen LogP contribution in [0.1, 0.15) is 46.3 Å². The first-order valence-electron chi connectivity index (χ1n) is 12.1. The van der Waals surface area contributed by atoms with Gasteiger partial charge in [-0.1, -0.05) is 56.3 Å². The van der Waals surface area contributed by atoms with Crippen molar-refractivity contribution in [2.45, 2.75) is 25.6 Å². The lowest BCUT2D eigenvalue weighted by Crippen LogP contribution is -2.30. The highest BCUT2D eigenvalue weighted by atomic mass is 32.2. The Morgan fingerprint density at radius 2 is 1.81 bits per heavy atom. The highest BCUT2D eigenvalue weighted by molar-refractivity contribution is 8.00.